The first-order valence-electron chi connectivity index (χ1n) is 11.2. The summed E-state index contributed by atoms with van der Waals surface area (Å²) < 4.78 is 5.97. The van der Waals surface area contributed by atoms with E-state index in [0.717, 1.165) is 34.9 Å². The molecule has 1 saturated heterocycles. The Morgan fingerprint density at radius 2 is 2.00 bits per heavy atom. The third-order valence-corrected chi connectivity index (χ3v) is 6.33. The fraction of sp³-hybridized carbons (Fsp3) is 0.346. The fourth-order valence-corrected chi connectivity index (χ4v) is 4.74. The third-order valence-electron chi connectivity index (χ3n) is 6.14. The van der Waals surface area contributed by atoms with Crippen LogP contribution in [0, 0.1) is 12.8 Å². The summed E-state index contributed by atoms with van der Waals surface area (Å²) >= 11 is 6.33. The van der Waals surface area contributed by atoms with Gasteiger partial charge < -0.3 is 14.7 Å². The van der Waals surface area contributed by atoms with Gasteiger partial charge in [-0.2, -0.15) is 0 Å². The molecule has 172 valence electrons. The van der Waals surface area contributed by atoms with E-state index in [1.165, 1.54) is 0 Å². The SMILES string of the molecule is Cc1ccccc1-c1cc(Cl)nc2cc(O[C@H](C)C(=O)N3CCC[C@H](CC(=O)O)C3)ccc12. The molecule has 1 fully saturated rings. The van der Waals surface area contributed by atoms with Crippen LogP contribution in [0.4, 0.5) is 0 Å². The van der Waals surface area contributed by atoms with Crippen molar-refractivity contribution in [3.05, 3.63) is 59.2 Å². The van der Waals surface area contributed by atoms with Crippen LogP contribution in [-0.2, 0) is 9.59 Å². The molecule has 1 aromatic heterocycles. The average molecular weight is 467 g/mol. The Morgan fingerprint density at radius 1 is 1.21 bits per heavy atom. The number of likely N-dealkylation sites (tertiary alicyclic amines) is 1. The lowest BCUT2D eigenvalue weighted by atomic mass is 9.94. The van der Waals surface area contributed by atoms with E-state index in [1.807, 2.05) is 30.3 Å². The Kier molecular flexibility index (Phi) is 6.84. The molecule has 2 heterocycles. The average Bonchev–Trinajstić information content (AvgIpc) is 2.78. The number of halogens is 1. The predicted molar refractivity (Wildman–Crippen MR) is 129 cm³/mol. The zero-order valence-corrected chi connectivity index (χ0v) is 19.5. The van der Waals surface area contributed by atoms with Crippen LogP contribution >= 0.6 is 11.6 Å². The van der Waals surface area contributed by atoms with Gasteiger partial charge in [-0.1, -0.05) is 35.9 Å². The largest absolute Gasteiger partial charge is 0.481 e. The Labute approximate surface area is 198 Å². The minimum absolute atomic E-state index is 0.0146. The van der Waals surface area contributed by atoms with Gasteiger partial charge in [0.15, 0.2) is 6.10 Å². The van der Waals surface area contributed by atoms with E-state index in [9.17, 15) is 9.59 Å². The quantitative estimate of drug-likeness (QED) is 0.496. The first-order valence-corrected chi connectivity index (χ1v) is 11.5. The molecule has 3 aromatic rings. The van der Waals surface area contributed by atoms with Crippen molar-refractivity contribution in [1.29, 1.82) is 0 Å². The van der Waals surface area contributed by atoms with Gasteiger partial charge in [0.25, 0.3) is 5.91 Å². The molecular weight excluding hydrogens is 440 g/mol. The Bertz CT molecular complexity index is 1200. The van der Waals surface area contributed by atoms with Crippen molar-refractivity contribution in [2.24, 2.45) is 5.92 Å². The highest BCUT2D eigenvalue weighted by molar-refractivity contribution is 6.30. The summed E-state index contributed by atoms with van der Waals surface area (Å²) in [7, 11) is 0. The number of aromatic nitrogens is 1. The molecule has 6 nitrogen and oxygen atoms in total. The molecule has 1 amide bonds. The van der Waals surface area contributed by atoms with Crippen LogP contribution in [0.2, 0.25) is 5.15 Å². The van der Waals surface area contributed by atoms with Crippen molar-refractivity contribution in [1.82, 2.24) is 9.88 Å². The second kappa shape index (κ2) is 9.79. The smallest absolute Gasteiger partial charge is 0.303 e. The Hall–Kier alpha value is -3.12. The van der Waals surface area contributed by atoms with E-state index in [-0.39, 0.29) is 18.2 Å². The number of rotatable bonds is 6. The van der Waals surface area contributed by atoms with E-state index >= 15 is 0 Å². The number of nitrogens with zero attached hydrogens (tertiary/aromatic N) is 2. The number of fused-ring (bicyclic) bond motifs is 1. The van der Waals surface area contributed by atoms with E-state index < -0.39 is 12.1 Å². The van der Waals surface area contributed by atoms with Crippen LogP contribution in [0.5, 0.6) is 5.75 Å². The lowest BCUT2D eigenvalue weighted by Crippen LogP contribution is -2.46. The molecule has 2 aromatic carbocycles. The summed E-state index contributed by atoms with van der Waals surface area (Å²) in [6.45, 7) is 4.85. The number of aliphatic carboxylic acids is 1. The Morgan fingerprint density at radius 3 is 2.76 bits per heavy atom. The number of amides is 1. The lowest BCUT2D eigenvalue weighted by molar-refractivity contribution is -0.143. The van der Waals surface area contributed by atoms with Gasteiger partial charge in [-0.25, -0.2) is 4.98 Å². The van der Waals surface area contributed by atoms with Crippen molar-refractivity contribution in [3.8, 4) is 16.9 Å². The number of pyridine rings is 1. The number of piperidine rings is 1. The van der Waals surface area contributed by atoms with Gasteiger partial charge >= 0.3 is 5.97 Å². The maximum Gasteiger partial charge on any atom is 0.303 e. The molecule has 1 N–H and O–H groups in total. The predicted octanol–water partition coefficient (Wildman–Crippen LogP) is 5.34. The molecule has 2 atom stereocenters. The first-order chi connectivity index (χ1) is 15.8. The van der Waals surface area contributed by atoms with Crippen LogP contribution in [0.3, 0.4) is 0 Å². The first kappa shape index (κ1) is 23.1. The third kappa shape index (κ3) is 5.28. The number of hydrogen-bond acceptors (Lipinski definition) is 4. The van der Waals surface area contributed by atoms with E-state index in [0.29, 0.717) is 29.5 Å². The van der Waals surface area contributed by atoms with Crippen molar-refractivity contribution >= 4 is 34.4 Å². The molecule has 4 rings (SSSR count). The number of carboxylic acid groups (broad SMARTS) is 1. The maximum atomic E-state index is 12.9. The van der Waals surface area contributed by atoms with E-state index in [2.05, 4.69) is 24.0 Å². The van der Waals surface area contributed by atoms with Crippen molar-refractivity contribution in [2.45, 2.75) is 39.2 Å². The van der Waals surface area contributed by atoms with Gasteiger partial charge in [0.05, 0.1) is 5.52 Å². The molecule has 33 heavy (non-hydrogen) atoms. The monoisotopic (exact) mass is 466 g/mol. The number of ether oxygens (including phenoxy) is 1. The molecule has 0 aliphatic carbocycles. The summed E-state index contributed by atoms with van der Waals surface area (Å²) in [5, 5.41) is 10.4. The molecule has 0 unspecified atom stereocenters. The van der Waals surface area contributed by atoms with Gasteiger partial charge in [-0.15, -0.1) is 0 Å². The second-order valence-corrected chi connectivity index (χ2v) is 9.02. The van der Waals surface area contributed by atoms with Crippen LogP contribution in [0.15, 0.2) is 48.5 Å². The summed E-state index contributed by atoms with van der Waals surface area (Å²) in [4.78, 5) is 30.2. The number of carboxylic acids is 1. The van der Waals surface area contributed by atoms with Crippen molar-refractivity contribution in [3.63, 3.8) is 0 Å². The minimum Gasteiger partial charge on any atom is -0.481 e. The summed E-state index contributed by atoms with van der Waals surface area (Å²) in [6, 6.07) is 15.6. The standard InChI is InChI=1S/C26H27ClN2O4/c1-16-6-3-4-8-20(16)22-14-24(27)28-23-13-19(9-10-21(22)23)33-17(2)26(32)29-11-5-7-18(15-29)12-25(30)31/h3-4,6,8-10,13-14,17-18H,5,7,11-12,15H2,1-2H3,(H,30,31)/t17-,18-/m1/s1. The number of benzene rings is 2. The molecule has 1 aliphatic heterocycles. The zero-order valence-electron chi connectivity index (χ0n) is 18.8. The fourth-order valence-electron chi connectivity index (χ4n) is 4.54. The number of hydrogen-bond donors (Lipinski definition) is 1. The topological polar surface area (TPSA) is 79.7 Å². The Balaban J connectivity index is 1.54. The highest BCUT2D eigenvalue weighted by atomic mass is 35.5. The zero-order chi connectivity index (χ0) is 23.5. The molecule has 0 bridgehead atoms. The second-order valence-electron chi connectivity index (χ2n) is 8.64. The van der Waals surface area contributed by atoms with Crippen molar-refractivity contribution in [2.75, 3.05) is 13.1 Å². The molecule has 7 heteroatoms. The molecule has 0 spiro atoms. The van der Waals surface area contributed by atoms with Gasteiger partial charge in [0, 0.05) is 31.0 Å². The molecular formula is C26H27ClN2O4. The maximum absolute atomic E-state index is 12.9. The number of carbonyl (C=O) groups is 2. The normalized spacial score (nSPS) is 17.1. The van der Waals surface area contributed by atoms with Crippen LogP contribution in [0.25, 0.3) is 22.0 Å². The number of carbonyl (C=O) groups excluding carboxylic acids is 1. The van der Waals surface area contributed by atoms with Gasteiger partial charge in [-0.3, -0.25) is 9.59 Å². The van der Waals surface area contributed by atoms with Crippen LogP contribution < -0.4 is 4.74 Å². The molecule has 0 radical (unpaired) electrons. The van der Waals surface area contributed by atoms with Gasteiger partial charge in [-0.05, 0) is 67.5 Å². The van der Waals surface area contributed by atoms with Crippen molar-refractivity contribution < 1.29 is 19.4 Å². The highest BCUT2D eigenvalue weighted by Crippen LogP contribution is 2.34. The van der Waals surface area contributed by atoms with E-state index in [4.69, 9.17) is 21.4 Å². The summed E-state index contributed by atoms with van der Waals surface area (Å²) in [6.07, 6.45) is 1.02. The van der Waals surface area contributed by atoms with Gasteiger partial charge in [0.1, 0.15) is 10.9 Å². The van der Waals surface area contributed by atoms with Gasteiger partial charge in [0.2, 0.25) is 0 Å². The summed E-state index contributed by atoms with van der Waals surface area (Å²) in [5.74, 6) is -0.442. The molecule has 0 saturated carbocycles. The number of aryl methyl sites for hydroxylation is 1. The van der Waals surface area contributed by atoms with E-state index in [1.54, 1.807) is 17.9 Å². The van der Waals surface area contributed by atoms with Crippen LogP contribution in [-0.4, -0.2) is 46.1 Å². The van der Waals surface area contributed by atoms with Crippen LogP contribution in [0.1, 0.15) is 31.7 Å². The minimum atomic E-state index is -0.828. The summed E-state index contributed by atoms with van der Waals surface area (Å²) in [5.41, 5.74) is 3.92. The highest BCUT2D eigenvalue weighted by Gasteiger charge is 2.29. The lowest BCUT2D eigenvalue weighted by Gasteiger charge is -2.33. The molecule has 1 aliphatic rings.